The fraction of sp³-hybridized carbons (Fsp3) is 0.353. The van der Waals surface area contributed by atoms with E-state index in [0.29, 0.717) is 16.5 Å². The zero-order chi connectivity index (χ0) is 17.7. The Balaban J connectivity index is 2.10. The molecule has 2 N–H and O–H groups in total. The van der Waals surface area contributed by atoms with Crippen LogP contribution >= 0.6 is 11.6 Å². The number of anilines is 2. The summed E-state index contributed by atoms with van der Waals surface area (Å²) in [5.74, 6) is 0.297. The van der Waals surface area contributed by atoms with Crippen molar-refractivity contribution in [3.8, 4) is 0 Å². The minimum absolute atomic E-state index is 0.286. The van der Waals surface area contributed by atoms with Crippen molar-refractivity contribution in [1.82, 2.24) is 14.9 Å². The van der Waals surface area contributed by atoms with Gasteiger partial charge in [-0.2, -0.15) is 0 Å². The number of likely N-dealkylation sites (N-methyl/N-ethyl adjacent to an activating group) is 1. The highest BCUT2D eigenvalue weighted by Gasteiger charge is 2.13. The number of nitrogens with zero attached hydrogens (tertiary/aromatic N) is 3. The number of hydrogen-bond donors (Lipinski definition) is 2. The van der Waals surface area contributed by atoms with Crippen LogP contribution in [-0.4, -0.2) is 48.0 Å². The molecule has 24 heavy (non-hydrogen) atoms. The van der Waals surface area contributed by atoms with Crippen molar-refractivity contribution in [1.29, 1.82) is 0 Å². The number of rotatable bonds is 6. The van der Waals surface area contributed by atoms with Crippen molar-refractivity contribution in [2.75, 3.05) is 37.8 Å². The van der Waals surface area contributed by atoms with E-state index in [2.05, 4.69) is 25.5 Å². The van der Waals surface area contributed by atoms with Crippen molar-refractivity contribution in [3.63, 3.8) is 0 Å². The molecule has 7 heteroatoms. The van der Waals surface area contributed by atoms with Gasteiger partial charge in [-0.15, -0.1) is 0 Å². The van der Waals surface area contributed by atoms with E-state index in [9.17, 15) is 4.79 Å². The van der Waals surface area contributed by atoms with Crippen LogP contribution in [0, 0.1) is 13.8 Å². The van der Waals surface area contributed by atoms with Gasteiger partial charge < -0.3 is 15.5 Å². The Hall–Kier alpha value is -2.18. The van der Waals surface area contributed by atoms with Crippen molar-refractivity contribution < 1.29 is 4.79 Å². The van der Waals surface area contributed by atoms with Crippen LogP contribution in [0.25, 0.3) is 0 Å². The number of aryl methyl sites for hydroxylation is 2. The largest absolute Gasteiger partial charge is 0.369 e. The molecule has 1 heterocycles. The van der Waals surface area contributed by atoms with Crippen molar-refractivity contribution >= 4 is 29.0 Å². The third kappa shape index (κ3) is 4.91. The van der Waals surface area contributed by atoms with E-state index >= 15 is 0 Å². The van der Waals surface area contributed by atoms with Gasteiger partial charge in [0.2, 0.25) is 0 Å². The van der Waals surface area contributed by atoms with Gasteiger partial charge >= 0.3 is 0 Å². The van der Waals surface area contributed by atoms with E-state index in [-0.39, 0.29) is 11.6 Å². The normalized spacial score (nSPS) is 10.8. The predicted molar refractivity (Wildman–Crippen MR) is 98.0 cm³/mol. The topological polar surface area (TPSA) is 70.2 Å². The van der Waals surface area contributed by atoms with E-state index < -0.39 is 0 Å². The third-order valence-corrected chi connectivity index (χ3v) is 3.73. The second-order valence-corrected chi connectivity index (χ2v) is 6.32. The molecule has 0 saturated carbocycles. The number of hydrogen-bond acceptors (Lipinski definition) is 5. The molecule has 0 aliphatic carbocycles. The highest BCUT2D eigenvalue weighted by atomic mass is 35.5. The molecule has 0 bridgehead atoms. The van der Waals surface area contributed by atoms with Gasteiger partial charge in [0, 0.05) is 19.2 Å². The van der Waals surface area contributed by atoms with Crippen LogP contribution in [0.4, 0.5) is 11.5 Å². The number of benzene rings is 1. The minimum Gasteiger partial charge on any atom is -0.369 e. The average Bonchev–Trinajstić information content (AvgIpc) is 2.50. The number of aromatic nitrogens is 2. The Morgan fingerprint density at radius 3 is 2.62 bits per heavy atom. The maximum atomic E-state index is 12.4. The lowest BCUT2D eigenvalue weighted by molar-refractivity contribution is 0.102. The molecule has 0 spiro atoms. The fourth-order valence-electron chi connectivity index (χ4n) is 2.24. The fourth-order valence-corrected chi connectivity index (χ4v) is 2.61. The number of halogens is 1. The van der Waals surface area contributed by atoms with Gasteiger partial charge in [0.15, 0.2) is 0 Å². The summed E-state index contributed by atoms with van der Waals surface area (Å²) in [5, 5.41) is 6.51. The first-order valence-corrected chi connectivity index (χ1v) is 8.03. The summed E-state index contributed by atoms with van der Waals surface area (Å²) < 4.78 is 0. The first kappa shape index (κ1) is 18.2. The molecular weight excluding hydrogens is 326 g/mol. The van der Waals surface area contributed by atoms with Crippen LogP contribution in [0.1, 0.15) is 21.6 Å². The van der Waals surface area contributed by atoms with E-state index in [1.807, 2.05) is 40.1 Å². The molecule has 0 radical (unpaired) electrons. The van der Waals surface area contributed by atoms with Crippen LogP contribution in [0.2, 0.25) is 5.02 Å². The summed E-state index contributed by atoms with van der Waals surface area (Å²) in [6, 6.07) is 5.41. The first-order valence-electron chi connectivity index (χ1n) is 7.65. The van der Waals surface area contributed by atoms with Gasteiger partial charge in [0.05, 0.1) is 10.7 Å². The summed E-state index contributed by atoms with van der Waals surface area (Å²) in [5.41, 5.74) is 2.85. The molecule has 0 atom stereocenters. The molecule has 1 amide bonds. The molecule has 0 unspecified atom stereocenters. The number of nitrogens with one attached hydrogen (secondary N) is 2. The highest BCUT2D eigenvalue weighted by Crippen LogP contribution is 2.27. The molecule has 128 valence electrons. The zero-order valence-electron chi connectivity index (χ0n) is 14.4. The van der Waals surface area contributed by atoms with E-state index in [0.717, 1.165) is 24.2 Å². The first-order chi connectivity index (χ1) is 11.4. The third-order valence-electron chi connectivity index (χ3n) is 3.44. The minimum atomic E-state index is -0.318. The van der Waals surface area contributed by atoms with Crippen LogP contribution in [-0.2, 0) is 0 Å². The molecular formula is C17H22ClN5O. The van der Waals surface area contributed by atoms with Gasteiger partial charge in [-0.3, -0.25) is 4.79 Å². The van der Waals surface area contributed by atoms with Crippen molar-refractivity contribution in [2.24, 2.45) is 0 Å². The summed E-state index contributed by atoms with van der Waals surface area (Å²) >= 11 is 6.23. The molecule has 0 fully saturated rings. The van der Waals surface area contributed by atoms with E-state index in [4.69, 9.17) is 11.6 Å². The molecule has 2 rings (SSSR count). The molecule has 0 aliphatic rings. The van der Waals surface area contributed by atoms with Crippen LogP contribution in [0.3, 0.4) is 0 Å². The predicted octanol–water partition coefficient (Wildman–Crippen LogP) is 2.97. The standard InChI is InChI=1S/C17H22ClN5O/c1-11-7-12(2)16(13(18)8-11)22-17(24)14-9-15(21-10-20-14)19-5-6-23(3)4/h7-10H,5-6H2,1-4H3,(H,22,24)(H,19,20,21). The highest BCUT2D eigenvalue weighted by molar-refractivity contribution is 6.34. The second kappa shape index (κ2) is 8.08. The van der Waals surface area contributed by atoms with Gasteiger partial charge in [-0.1, -0.05) is 17.7 Å². The summed E-state index contributed by atoms with van der Waals surface area (Å²) in [6.07, 6.45) is 1.37. The summed E-state index contributed by atoms with van der Waals surface area (Å²) in [6.45, 7) is 5.46. The van der Waals surface area contributed by atoms with Gasteiger partial charge in [0.1, 0.15) is 17.8 Å². The van der Waals surface area contributed by atoms with Crippen LogP contribution in [0.15, 0.2) is 24.5 Å². The summed E-state index contributed by atoms with van der Waals surface area (Å²) in [7, 11) is 3.99. The molecule has 1 aromatic heterocycles. The molecule has 2 aromatic rings. The lowest BCUT2D eigenvalue weighted by Gasteiger charge is -2.12. The van der Waals surface area contributed by atoms with Crippen molar-refractivity contribution in [3.05, 3.63) is 46.4 Å². The Labute approximate surface area is 147 Å². The maximum Gasteiger partial charge on any atom is 0.274 e. The van der Waals surface area contributed by atoms with Gasteiger partial charge in [-0.05, 0) is 45.1 Å². The molecule has 0 aliphatic heterocycles. The van der Waals surface area contributed by atoms with Gasteiger partial charge in [-0.25, -0.2) is 9.97 Å². The Morgan fingerprint density at radius 1 is 1.21 bits per heavy atom. The van der Waals surface area contributed by atoms with E-state index in [1.165, 1.54) is 6.33 Å². The summed E-state index contributed by atoms with van der Waals surface area (Å²) in [4.78, 5) is 22.7. The number of carbonyl (C=O) groups excluding carboxylic acids is 1. The quantitative estimate of drug-likeness (QED) is 0.840. The Kier molecular flexibility index (Phi) is 6.11. The number of amides is 1. The molecule has 1 aromatic carbocycles. The second-order valence-electron chi connectivity index (χ2n) is 5.91. The Bertz CT molecular complexity index is 710. The lowest BCUT2D eigenvalue weighted by atomic mass is 10.1. The van der Waals surface area contributed by atoms with Crippen LogP contribution in [0.5, 0.6) is 0 Å². The molecule has 6 nitrogen and oxygen atoms in total. The Morgan fingerprint density at radius 2 is 1.96 bits per heavy atom. The maximum absolute atomic E-state index is 12.4. The molecule has 0 saturated heterocycles. The zero-order valence-corrected chi connectivity index (χ0v) is 15.1. The smallest absolute Gasteiger partial charge is 0.274 e. The van der Waals surface area contributed by atoms with Gasteiger partial charge in [0.25, 0.3) is 5.91 Å². The monoisotopic (exact) mass is 347 g/mol. The van der Waals surface area contributed by atoms with E-state index in [1.54, 1.807) is 6.07 Å². The lowest BCUT2D eigenvalue weighted by Crippen LogP contribution is -2.21. The number of carbonyl (C=O) groups is 1. The average molecular weight is 348 g/mol. The van der Waals surface area contributed by atoms with Crippen LogP contribution < -0.4 is 10.6 Å². The van der Waals surface area contributed by atoms with Crippen molar-refractivity contribution in [2.45, 2.75) is 13.8 Å². The SMILES string of the molecule is Cc1cc(C)c(NC(=O)c2cc(NCCN(C)C)ncn2)c(Cl)c1.